The molecule has 0 radical (unpaired) electrons. The van der Waals surface area contributed by atoms with Crippen LogP contribution < -0.4 is 10.6 Å². The first-order chi connectivity index (χ1) is 13.5. The molecule has 156 valence electrons. The Morgan fingerprint density at radius 3 is 2.43 bits per heavy atom. The average molecular weight is 413 g/mol. The second-order valence-electron chi connectivity index (χ2n) is 6.54. The molecule has 28 heavy (non-hydrogen) atoms. The summed E-state index contributed by atoms with van der Waals surface area (Å²) in [6.07, 6.45) is 5.26. The number of carbonyl (C=O) groups is 3. The van der Waals surface area contributed by atoms with Crippen LogP contribution in [0.3, 0.4) is 0 Å². The van der Waals surface area contributed by atoms with E-state index in [1.54, 1.807) is 13.8 Å². The number of thiophene rings is 1. The minimum absolute atomic E-state index is 0.104. The summed E-state index contributed by atoms with van der Waals surface area (Å²) in [5.74, 6) is -1.15. The van der Waals surface area contributed by atoms with Gasteiger partial charge in [-0.25, -0.2) is 14.4 Å². The fourth-order valence-electron chi connectivity index (χ4n) is 3.10. The van der Waals surface area contributed by atoms with Crippen LogP contribution in [0.1, 0.15) is 64.6 Å². The summed E-state index contributed by atoms with van der Waals surface area (Å²) in [7, 11) is 1.51. The van der Waals surface area contributed by atoms with Crippen molar-refractivity contribution in [1.29, 1.82) is 0 Å². The van der Waals surface area contributed by atoms with Gasteiger partial charge in [-0.05, 0) is 32.3 Å². The van der Waals surface area contributed by atoms with Crippen molar-refractivity contribution >= 4 is 34.3 Å². The molecule has 0 spiro atoms. The maximum absolute atomic E-state index is 12.4. The Hall–Kier alpha value is -2.13. The molecule has 1 saturated carbocycles. The van der Waals surface area contributed by atoms with Gasteiger partial charge in [0.2, 0.25) is 0 Å². The summed E-state index contributed by atoms with van der Waals surface area (Å²) in [4.78, 5) is 37.4. The molecule has 2 amide bonds. The SMILES string of the molecule is CCOC(=O)c1c(NC(=O)NC2CCCCC2)sc(C(=O)OCCOC)c1C. The fraction of sp³-hybridized carbons (Fsp3) is 0.632. The molecule has 1 aromatic rings. The Morgan fingerprint density at radius 2 is 1.79 bits per heavy atom. The number of anilines is 1. The van der Waals surface area contributed by atoms with Gasteiger partial charge in [0.05, 0.1) is 18.8 Å². The molecule has 1 aliphatic carbocycles. The van der Waals surface area contributed by atoms with Gasteiger partial charge in [-0.1, -0.05) is 19.3 Å². The number of hydrogen-bond donors (Lipinski definition) is 2. The average Bonchev–Trinajstić information content (AvgIpc) is 2.98. The number of ether oxygens (including phenoxy) is 3. The third-order valence-corrected chi connectivity index (χ3v) is 5.69. The summed E-state index contributed by atoms with van der Waals surface area (Å²) in [6, 6.07) is -0.266. The summed E-state index contributed by atoms with van der Waals surface area (Å²) >= 11 is 1.01. The van der Waals surface area contributed by atoms with Gasteiger partial charge in [0.15, 0.2) is 0 Å². The van der Waals surface area contributed by atoms with Crippen molar-refractivity contribution < 1.29 is 28.6 Å². The van der Waals surface area contributed by atoms with Crippen LogP contribution in [0.15, 0.2) is 0 Å². The molecule has 1 aromatic heterocycles. The first-order valence-electron chi connectivity index (χ1n) is 9.52. The highest BCUT2D eigenvalue weighted by Gasteiger charge is 2.28. The standard InChI is InChI=1S/C19H28N2O6S/c1-4-26-17(22)14-12(2)15(18(23)27-11-10-25-3)28-16(14)21-19(24)20-13-8-6-5-7-9-13/h13H,4-11H2,1-3H3,(H2,20,21,24). The minimum atomic E-state index is -0.583. The van der Waals surface area contributed by atoms with Crippen LogP contribution in [-0.2, 0) is 14.2 Å². The van der Waals surface area contributed by atoms with E-state index in [1.807, 2.05) is 0 Å². The zero-order chi connectivity index (χ0) is 20.5. The maximum Gasteiger partial charge on any atom is 0.348 e. The molecule has 0 atom stereocenters. The van der Waals surface area contributed by atoms with Crippen molar-refractivity contribution in [1.82, 2.24) is 5.32 Å². The van der Waals surface area contributed by atoms with Gasteiger partial charge in [-0.15, -0.1) is 11.3 Å². The highest BCUT2D eigenvalue weighted by atomic mass is 32.1. The van der Waals surface area contributed by atoms with Crippen LogP contribution in [0.25, 0.3) is 0 Å². The van der Waals surface area contributed by atoms with Gasteiger partial charge in [0, 0.05) is 13.2 Å². The molecule has 0 aromatic carbocycles. The highest BCUT2D eigenvalue weighted by Crippen LogP contribution is 2.34. The van der Waals surface area contributed by atoms with E-state index >= 15 is 0 Å². The van der Waals surface area contributed by atoms with Crippen LogP contribution in [-0.4, -0.2) is 50.9 Å². The lowest BCUT2D eigenvalue weighted by molar-refractivity contribution is 0.0392. The van der Waals surface area contributed by atoms with Gasteiger partial charge < -0.3 is 19.5 Å². The van der Waals surface area contributed by atoms with E-state index in [0.717, 1.165) is 37.0 Å². The maximum atomic E-state index is 12.4. The normalized spacial score (nSPS) is 14.4. The number of esters is 2. The van der Waals surface area contributed by atoms with Crippen molar-refractivity contribution in [2.75, 3.05) is 32.2 Å². The van der Waals surface area contributed by atoms with Gasteiger partial charge in [-0.3, -0.25) is 5.32 Å². The number of amides is 2. The van der Waals surface area contributed by atoms with Gasteiger partial charge in [0.25, 0.3) is 0 Å². The summed E-state index contributed by atoms with van der Waals surface area (Å²) in [5.41, 5.74) is 0.614. The van der Waals surface area contributed by atoms with Gasteiger partial charge in [0.1, 0.15) is 16.5 Å². The zero-order valence-electron chi connectivity index (χ0n) is 16.6. The largest absolute Gasteiger partial charge is 0.462 e. The van der Waals surface area contributed by atoms with E-state index in [1.165, 1.54) is 13.5 Å². The van der Waals surface area contributed by atoms with Crippen LogP contribution in [0.2, 0.25) is 0 Å². The van der Waals surface area contributed by atoms with E-state index in [9.17, 15) is 14.4 Å². The Kier molecular flexibility index (Phi) is 8.72. The van der Waals surface area contributed by atoms with Crippen molar-refractivity contribution in [2.45, 2.75) is 52.0 Å². The molecular formula is C19H28N2O6S. The predicted molar refractivity (Wildman–Crippen MR) is 106 cm³/mol. The smallest absolute Gasteiger partial charge is 0.348 e. The molecule has 0 bridgehead atoms. The molecule has 1 heterocycles. The monoisotopic (exact) mass is 412 g/mol. The predicted octanol–water partition coefficient (Wildman–Crippen LogP) is 3.49. The van der Waals surface area contributed by atoms with E-state index in [4.69, 9.17) is 14.2 Å². The molecule has 9 heteroatoms. The van der Waals surface area contributed by atoms with Crippen molar-refractivity contribution in [3.63, 3.8) is 0 Å². The lowest BCUT2D eigenvalue weighted by Crippen LogP contribution is -2.39. The van der Waals surface area contributed by atoms with E-state index < -0.39 is 18.0 Å². The third-order valence-electron chi connectivity index (χ3n) is 4.50. The summed E-state index contributed by atoms with van der Waals surface area (Å²) < 4.78 is 15.1. The number of urea groups is 1. The number of nitrogens with one attached hydrogen (secondary N) is 2. The van der Waals surface area contributed by atoms with Crippen LogP contribution in [0.4, 0.5) is 9.80 Å². The van der Waals surface area contributed by atoms with Crippen molar-refractivity contribution in [3.05, 3.63) is 16.0 Å². The number of methoxy groups -OCH3 is 1. The summed E-state index contributed by atoms with van der Waals surface area (Å²) in [6.45, 7) is 3.90. The quantitative estimate of drug-likeness (QED) is 0.500. The first-order valence-corrected chi connectivity index (χ1v) is 10.3. The molecular weight excluding hydrogens is 384 g/mol. The van der Waals surface area contributed by atoms with Crippen LogP contribution >= 0.6 is 11.3 Å². The lowest BCUT2D eigenvalue weighted by atomic mass is 9.96. The Bertz CT molecular complexity index is 697. The number of carbonyl (C=O) groups excluding carboxylic acids is 3. The second kappa shape index (κ2) is 11.0. The molecule has 2 rings (SSSR count). The Balaban J connectivity index is 2.17. The lowest BCUT2D eigenvalue weighted by Gasteiger charge is -2.22. The topological polar surface area (TPSA) is 103 Å². The molecule has 0 aliphatic heterocycles. The fourth-order valence-corrected chi connectivity index (χ4v) is 4.18. The molecule has 8 nitrogen and oxygen atoms in total. The minimum Gasteiger partial charge on any atom is -0.462 e. The van der Waals surface area contributed by atoms with E-state index in [2.05, 4.69) is 10.6 Å². The molecule has 0 saturated heterocycles. The van der Waals surface area contributed by atoms with Crippen LogP contribution in [0, 0.1) is 6.92 Å². The molecule has 1 fully saturated rings. The Labute approximate surface area is 168 Å². The third kappa shape index (κ3) is 5.93. The Morgan fingerprint density at radius 1 is 1.07 bits per heavy atom. The molecule has 2 N–H and O–H groups in total. The number of hydrogen-bond acceptors (Lipinski definition) is 7. The van der Waals surface area contributed by atoms with Crippen molar-refractivity contribution in [2.24, 2.45) is 0 Å². The van der Waals surface area contributed by atoms with Gasteiger partial charge >= 0.3 is 18.0 Å². The highest BCUT2D eigenvalue weighted by molar-refractivity contribution is 7.18. The van der Waals surface area contributed by atoms with E-state index in [-0.39, 0.29) is 41.3 Å². The first kappa shape index (κ1) is 22.2. The van der Waals surface area contributed by atoms with Crippen molar-refractivity contribution in [3.8, 4) is 0 Å². The number of rotatable bonds is 8. The molecule has 1 aliphatic rings. The zero-order valence-corrected chi connectivity index (χ0v) is 17.4. The van der Waals surface area contributed by atoms with Gasteiger partial charge in [-0.2, -0.15) is 0 Å². The molecule has 0 unspecified atom stereocenters. The van der Waals surface area contributed by atoms with Crippen LogP contribution in [0.5, 0.6) is 0 Å². The van der Waals surface area contributed by atoms with E-state index in [0.29, 0.717) is 5.56 Å². The second-order valence-corrected chi connectivity index (χ2v) is 7.56. The summed E-state index contributed by atoms with van der Waals surface area (Å²) in [5, 5.41) is 5.93.